The minimum absolute atomic E-state index is 0.0530. The predicted molar refractivity (Wildman–Crippen MR) is 67.7 cm³/mol. The van der Waals surface area contributed by atoms with Crippen molar-refractivity contribution in [2.45, 2.75) is 19.4 Å². The molecule has 0 radical (unpaired) electrons. The van der Waals surface area contributed by atoms with E-state index in [2.05, 4.69) is 21.2 Å². The highest BCUT2D eigenvalue weighted by Gasteiger charge is 2.14. The Balaban J connectivity index is 2.84. The van der Waals surface area contributed by atoms with Gasteiger partial charge in [0.05, 0.1) is 15.4 Å². The number of rotatable bonds is 4. The molecule has 0 aliphatic rings. The minimum Gasteiger partial charge on any atom is -0.325 e. The molecule has 0 saturated carbocycles. The van der Waals surface area contributed by atoms with Crippen molar-refractivity contribution in [3.63, 3.8) is 0 Å². The molecule has 7 heteroatoms. The van der Waals surface area contributed by atoms with Gasteiger partial charge in [0.25, 0.3) is 5.69 Å². The van der Waals surface area contributed by atoms with Crippen molar-refractivity contribution < 1.29 is 9.72 Å². The van der Waals surface area contributed by atoms with Crippen LogP contribution in [-0.4, -0.2) is 16.9 Å². The molecule has 0 aromatic heterocycles. The van der Waals surface area contributed by atoms with Crippen molar-refractivity contribution >= 4 is 33.2 Å². The van der Waals surface area contributed by atoms with E-state index in [1.807, 2.05) is 0 Å². The van der Waals surface area contributed by atoms with Crippen molar-refractivity contribution in [3.05, 3.63) is 32.8 Å². The molecule has 1 aromatic rings. The number of nitrogens with one attached hydrogen (secondary N) is 1. The normalized spacial score (nSPS) is 11.9. The third kappa shape index (κ3) is 3.50. The van der Waals surface area contributed by atoms with Crippen LogP contribution in [0.4, 0.5) is 11.4 Å². The number of anilines is 1. The fourth-order valence-corrected chi connectivity index (χ4v) is 1.68. The summed E-state index contributed by atoms with van der Waals surface area (Å²) in [5, 5.41) is 13.2. The number of halogens is 1. The molecule has 1 rings (SSSR count). The Kier molecular flexibility index (Phi) is 4.59. The van der Waals surface area contributed by atoms with Crippen molar-refractivity contribution in [3.8, 4) is 0 Å². The first-order chi connectivity index (χ1) is 7.95. The van der Waals surface area contributed by atoms with E-state index in [-0.39, 0.29) is 11.6 Å². The van der Waals surface area contributed by atoms with Gasteiger partial charge in [0, 0.05) is 11.8 Å². The lowest BCUT2D eigenvalue weighted by Gasteiger charge is -2.10. The van der Waals surface area contributed by atoms with Crippen LogP contribution in [0.1, 0.15) is 13.3 Å². The number of nitrogens with zero attached hydrogens (tertiary/aromatic N) is 1. The lowest BCUT2D eigenvalue weighted by molar-refractivity contribution is -0.385. The maximum atomic E-state index is 11.5. The van der Waals surface area contributed by atoms with Gasteiger partial charge in [-0.1, -0.05) is 6.92 Å². The van der Waals surface area contributed by atoms with Gasteiger partial charge in [-0.2, -0.15) is 0 Å². The summed E-state index contributed by atoms with van der Waals surface area (Å²) in [4.78, 5) is 21.6. The average Bonchev–Trinajstić information content (AvgIpc) is 2.27. The molecule has 3 N–H and O–H groups in total. The summed E-state index contributed by atoms with van der Waals surface area (Å²) in [5.41, 5.74) is 5.96. The van der Waals surface area contributed by atoms with Crippen molar-refractivity contribution in [1.82, 2.24) is 0 Å². The molecule has 0 fully saturated rings. The second-order valence-corrected chi connectivity index (χ2v) is 4.28. The molecule has 6 nitrogen and oxygen atoms in total. The Morgan fingerprint density at radius 2 is 2.29 bits per heavy atom. The number of benzene rings is 1. The summed E-state index contributed by atoms with van der Waals surface area (Å²) in [6, 6.07) is 3.67. The number of hydrogen-bond acceptors (Lipinski definition) is 4. The highest BCUT2D eigenvalue weighted by Crippen LogP contribution is 2.27. The van der Waals surface area contributed by atoms with E-state index in [9.17, 15) is 14.9 Å². The van der Waals surface area contributed by atoms with E-state index >= 15 is 0 Å². The molecule has 0 saturated heterocycles. The Morgan fingerprint density at radius 1 is 1.65 bits per heavy atom. The third-order valence-corrected chi connectivity index (χ3v) is 2.82. The first-order valence-corrected chi connectivity index (χ1v) is 5.75. The fourth-order valence-electron chi connectivity index (χ4n) is 1.15. The average molecular weight is 302 g/mol. The van der Waals surface area contributed by atoms with Gasteiger partial charge in [-0.15, -0.1) is 0 Å². The van der Waals surface area contributed by atoms with Crippen molar-refractivity contribution in [1.29, 1.82) is 0 Å². The monoisotopic (exact) mass is 301 g/mol. The number of carbonyl (C=O) groups excluding carboxylic acids is 1. The molecule has 17 heavy (non-hydrogen) atoms. The van der Waals surface area contributed by atoms with Crippen LogP contribution >= 0.6 is 15.9 Å². The molecule has 1 aromatic carbocycles. The summed E-state index contributed by atoms with van der Waals surface area (Å²) >= 11 is 3.07. The molecular formula is C10H12BrN3O3. The van der Waals surface area contributed by atoms with Crippen LogP contribution in [0.2, 0.25) is 0 Å². The van der Waals surface area contributed by atoms with E-state index in [1.54, 1.807) is 6.92 Å². The number of carbonyl (C=O) groups is 1. The van der Waals surface area contributed by atoms with Crippen LogP contribution in [0.25, 0.3) is 0 Å². The maximum absolute atomic E-state index is 11.5. The molecule has 92 valence electrons. The second-order valence-electron chi connectivity index (χ2n) is 3.43. The van der Waals surface area contributed by atoms with Gasteiger partial charge in [0.15, 0.2) is 0 Å². The fraction of sp³-hybridized carbons (Fsp3) is 0.300. The molecule has 0 unspecified atom stereocenters. The summed E-state index contributed by atoms with van der Waals surface area (Å²) in [7, 11) is 0. The Hall–Kier alpha value is -1.47. The van der Waals surface area contributed by atoms with Crippen LogP contribution in [0.15, 0.2) is 22.7 Å². The zero-order chi connectivity index (χ0) is 13.0. The second kappa shape index (κ2) is 5.74. The van der Waals surface area contributed by atoms with E-state index < -0.39 is 11.0 Å². The van der Waals surface area contributed by atoms with Gasteiger partial charge in [0.1, 0.15) is 0 Å². The first-order valence-electron chi connectivity index (χ1n) is 4.96. The van der Waals surface area contributed by atoms with Crippen LogP contribution in [0, 0.1) is 10.1 Å². The van der Waals surface area contributed by atoms with Crippen LogP contribution in [0.3, 0.4) is 0 Å². The first kappa shape index (κ1) is 13.6. The SMILES string of the molecule is CC[C@H](N)C(=O)Nc1ccc([N+](=O)[O-])c(Br)c1. The van der Waals surface area contributed by atoms with Gasteiger partial charge >= 0.3 is 0 Å². The van der Waals surface area contributed by atoms with E-state index in [1.165, 1.54) is 18.2 Å². The predicted octanol–water partition coefficient (Wildman–Crippen LogP) is 2.03. The Bertz CT molecular complexity index is 450. The third-order valence-electron chi connectivity index (χ3n) is 2.19. The summed E-state index contributed by atoms with van der Waals surface area (Å²) in [6.45, 7) is 1.80. The molecule has 0 spiro atoms. The van der Waals surface area contributed by atoms with Crippen LogP contribution in [-0.2, 0) is 4.79 Å². The zero-order valence-corrected chi connectivity index (χ0v) is 10.7. The quantitative estimate of drug-likeness (QED) is 0.656. The van der Waals surface area contributed by atoms with Crippen molar-refractivity contribution in [2.75, 3.05) is 5.32 Å². The van der Waals surface area contributed by atoms with Gasteiger partial charge in [-0.05, 0) is 34.5 Å². The highest BCUT2D eigenvalue weighted by atomic mass is 79.9. The number of amides is 1. The maximum Gasteiger partial charge on any atom is 0.283 e. The Morgan fingerprint density at radius 3 is 2.76 bits per heavy atom. The smallest absolute Gasteiger partial charge is 0.283 e. The molecule has 0 bridgehead atoms. The minimum atomic E-state index is -0.580. The summed E-state index contributed by atoms with van der Waals surface area (Å²) in [5.74, 6) is -0.312. The molecule has 1 amide bonds. The largest absolute Gasteiger partial charge is 0.325 e. The van der Waals surface area contributed by atoms with Gasteiger partial charge in [-0.3, -0.25) is 14.9 Å². The van der Waals surface area contributed by atoms with E-state index in [0.717, 1.165) is 0 Å². The lowest BCUT2D eigenvalue weighted by atomic mass is 10.2. The molecule has 0 aliphatic carbocycles. The molecular weight excluding hydrogens is 290 g/mol. The van der Waals surface area contributed by atoms with E-state index in [4.69, 9.17) is 5.73 Å². The molecule has 0 heterocycles. The number of nitro benzene ring substituents is 1. The lowest BCUT2D eigenvalue weighted by Crippen LogP contribution is -2.34. The number of nitrogens with two attached hydrogens (primary N) is 1. The number of hydrogen-bond donors (Lipinski definition) is 2. The van der Waals surface area contributed by atoms with Crippen LogP contribution < -0.4 is 11.1 Å². The highest BCUT2D eigenvalue weighted by molar-refractivity contribution is 9.10. The van der Waals surface area contributed by atoms with E-state index in [0.29, 0.717) is 16.6 Å². The molecule has 1 atom stereocenters. The number of nitro groups is 1. The molecule has 0 aliphatic heterocycles. The van der Waals surface area contributed by atoms with Crippen molar-refractivity contribution in [2.24, 2.45) is 5.73 Å². The Labute approximate surface area is 106 Å². The standard InChI is InChI=1S/C10H12BrN3O3/c1-2-8(12)10(15)13-6-3-4-9(14(16)17)7(11)5-6/h3-5,8H,2,12H2,1H3,(H,13,15)/t8-/m0/s1. The zero-order valence-electron chi connectivity index (χ0n) is 9.14. The topological polar surface area (TPSA) is 98.3 Å². The summed E-state index contributed by atoms with van der Waals surface area (Å²) < 4.78 is 0.311. The summed E-state index contributed by atoms with van der Waals surface area (Å²) in [6.07, 6.45) is 0.528. The van der Waals surface area contributed by atoms with Crippen LogP contribution in [0.5, 0.6) is 0 Å². The van der Waals surface area contributed by atoms with Gasteiger partial charge in [-0.25, -0.2) is 0 Å². The van der Waals surface area contributed by atoms with Gasteiger partial charge < -0.3 is 11.1 Å². The van der Waals surface area contributed by atoms with Gasteiger partial charge in [0.2, 0.25) is 5.91 Å².